The first-order valence-corrected chi connectivity index (χ1v) is 8.41. The lowest BCUT2D eigenvalue weighted by Crippen LogP contribution is -2.27. The Morgan fingerprint density at radius 1 is 1.15 bits per heavy atom. The van der Waals surface area contributed by atoms with E-state index in [0.717, 1.165) is 22.6 Å². The van der Waals surface area contributed by atoms with Crippen molar-refractivity contribution >= 4 is 5.69 Å². The number of pyridine rings is 1. The van der Waals surface area contributed by atoms with Crippen LogP contribution in [0.25, 0.3) is 0 Å². The van der Waals surface area contributed by atoms with Gasteiger partial charge in [-0.25, -0.2) is 0 Å². The molecular formula is C20H26N4O2. The van der Waals surface area contributed by atoms with Gasteiger partial charge in [-0.1, -0.05) is 6.07 Å². The molecule has 0 spiro atoms. The van der Waals surface area contributed by atoms with Crippen molar-refractivity contribution in [2.24, 2.45) is 0 Å². The lowest BCUT2D eigenvalue weighted by Gasteiger charge is -2.26. The van der Waals surface area contributed by atoms with Crippen molar-refractivity contribution in [3.63, 3.8) is 0 Å². The van der Waals surface area contributed by atoms with Gasteiger partial charge in [0.25, 0.3) is 0 Å². The molecule has 26 heavy (non-hydrogen) atoms. The van der Waals surface area contributed by atoms with Gasteiger partial charge in [0.05, 0.1) is 37.2 Å². The maximum Gasteiger partial charge on any atom is 0.161 e. The van der Waals surface area contributed by atoms with Crippen LogP contribution in [0.3, 0.4) is 0 Å². The molecule has 2 aromatic rings. The van der Waals surface area contributed by atoms with E-state index < -0.39 is 0 Å². The number of nitrogens with one attached hydrogen (secondary N) is 1. The highest BCUT2D eigenvalue weighted by atomic mass is 16.5. The van der Waals surface area contributed by atoms with Crippen molar-refractivity contribution < 1.29 is 9.47 Å². The minimum Gasteiger partial charge on any atom is -0.493 e. The van der Waals surface area contributed by atoms with Crippen molar-refractivity contribution in [2.45, 2.75) is 19.9 Å². The molecule has 0 amide bonds. The fraction of sp³-hybridized carbons (Fsp3) is 0.400. The Hall–Kier alpha value is -2.78. The van der Waals surface area contributed by atoms with Gasteiger partial charge in [-0.05, 0) is 51.7 Å². The molecular weight excluding hydrogens is 328 g/mol. The van der Waals surface area contributed by atoms with Crippen molar-refractivity contribution in [3.8, 4) is 17.6 Å². The van der Waals surface area contributed by atoms with Gasteiger partial charge in [0, 0.05) is 12.2 Å². The van der Waals surface area contributed by atoms with E-state index in [1.54, 1.807) is 14.2 Å². The van der Waals surface area contributed by atoms with E-state index in [0.29, 0.717) is 23.6 Å². The first kappa shape index (κ1) is 19.5. The van der Waals surface area contributed by atoms with Gasteiger partial charge < -0.3 is 19.7 Å². The summed E-state index contributed by atoms with van der Waals surface area (Å²) in [5, 5.41) is 12.9. The van der Waals surface area contributed by atoms with Gasteiger partial charge in [0.1, 0.15) is 6.07 Å². The Kier molecular flexibility index (Phi) is 6.42. The monoisotopic (exact) mass is 354 g/mol. The molecule has 0 bridgehead atoms. The number of anilines is 1. The Morgan fingerprint density at radius 2 is 1.85 bits per heavy atom. The van der Waals surface area contributed by atoms with Crippen LogP contribution < -0.4 is 14.8 Å². The molecule has 0 aliphatic heterocycles. The van der Waals surface area contributed by atoms with E-state index in [2.05, 4.69) is 21.3 Å². The zero-order valence-corrected chi connectivity index (χ0v) is 16.3. The molecule has 1 N–H and O–H groups in total. The average Bonchev–Trinajstić information content (AvgIpc) is 2.61. The molecule has 0 saturated heterocycles. The summed E-state index contributed by atoms with van der Waals surface area (Å²) in [5.74, 6) is 1.40. The third-order valence-electron chi connectivity index (χ3n) is 4.34. The number of aromatic nitrogens is 1. The minimum atomic E-state index is 0.0927. The number of rotatable bonds is 7. The highest BCUT2D eigenvalue weighted by Gasteiger charge is 2.18. The van der Waals surface area contributed by atoms with Gasteiger partial charge in [-0.15, -0.1) is 0 Å². The fourth-order valence-electron chi connectivity index (χ4n) is 2.97. The number of methoxy groups -OCH3 is 2. The van der Waals surface area contributed by atoms with Gasteiger partial charge in [-0.3, -0.25) is 4.98 Å². The van der Waals surface area contributed by atoms with Crippen LogP contribution in [0, 0.1) is 25.2 Å². The molecule has 1 aromatic carbocycles. The van der Waals surface area contributed by atoms with Crippen molar-refractivity contribution in [1.82, 2.24) is 9.88 Å². The predicted octanol–water partition coefficient (Wildman–Crippen LogP) is 3.30. The summed E-state index contributed by atoms with van der Waals surface area (Å²) in [6.07, 6.45) is 0. The van der Waals surface area contributed by atoms with E-state index in [1.165, 1.54) is 0 Å². The summed E-state index contributed by atoms with van der Waals surface area (Å²) in [6, 6.07) is 10.2. The lowest BCUT2D eigenvalue weighted by molar-refractivity contribution is 0.308. The Bertz CT molecular complexity index is 812. The number of hydrogen-bond acceptors (Lipinski definition) is 6. The maximum atomic E-state index is 9.44. The molecule has 0 aliphatic rings. The third kappa shape index (κ3) is 4.24. The zero-order chi connectivity index (χ0) is 19.3. The van der Waals surface area contributed by atoms with Gasteiger partial charge in [0.2, 0.25) is 0 Å². The number of likely N-dealkylation sites (N-methyl/N-ethyl adjacent to an activating group) is 1. The number of nitrogens with zero attached hydrogens (tertiary/aromatic N) is 3. The molecule has 6 nitrogen and oxygen atoms in total. The molecule has 1 unspecified atom stereocenters. The topological polar surface area (TPSA) is 70.4 Å². The van der Waals surface area contributed by atoms with E-state index in [9.17, 15) is 5.26 Å². The summed E-state index contributed by atoms with van der Waals surface area (Å²) in [5.41, 5.74) is 4.12. The average molecular weight is 354 g/mol. The molecule has 0 radical (unpaired) electrons. The van der Waals surface area contributed by atoms with Crippen molar-refractivity contribution in [2.75, 3.05) is 40.2 Å². The summed E-state index contributed by atoms with van der Waals surface area (Å²) in [7, 11) is 7.31. The van der Waals surface area contributed by atoms with Crippen molar-refractivity contribution in [1.29, 1.82) is 5.26 Å². The van der Waals surface area contributed by atoms with Crippen LogP contribution >= 0.6 is 0 Å². The highest BCUT2D eigenvalue weighted by molar-refractivity contribution is 5.60. The summed E-state index contributed by atoms with van der Waals surface area (Å²) >= 11 is 0. The number of nitriles is 1. The highest BCUT2D eigenvalue weighted by Crippen LogP contribution is 2.31. The SMILES string of the molecule is COc1ccc(C(CNc2cc(C)nc(C)c2C#N)N(C)C)cc1OC. The van der Waals surface area contributed by atoms with E-state index in [-0.39, 0.29) is 6.04 Å². The van der Waals surface area contributed by atoms with Gasteiger partial charge in [0.15, 0.2) is 11.5 Å². The normalized spacial score (nSPS) is 11.8. The molecule has 0 saturated carbocycles. The number of benzene rings is 1. The quantitative estimate of drug-likeness (QED) is 0.823. The van der Waals surface area contributed by atoms with E-state index >= 15 is 0 Å². The molecule has 0 aliphatic carbocycles. The largest absolute Gasteiger partial charge is 0.493 e. The second-order valence-electron chi connectivity index (χ2n) is 6.36. The summed E-state index contributed by atoms with van der Waals surface area (Å²) in [6.45, 7) is 4.42. The molecule has 6 heteroatoms. The lowest BCUT2D eigenvalue weighted by atomic mass is 10.0. The Balaban J connectivity index is 2.30. The van der Waals surface area contributed by atoms with Gasteiger partial charge >= 0.3 is 0 Å². The Morgan fingerprint density at radius 3 is 2.42 bits per heavy atom. The fourth-order valence-corrected chi connectivity index (χ4v) is 2.97. The first-order chi connectivity index (χ1) is 12.4. The second kappa shape index (κ2) is 8.54. The van der Waals surface area contributed by atoms with Crippen LogP contribution in [0.15, 0.2) is 24.3 Å². The minimum absolute atomic E-state index is 0.0927. The predicted molar refractivity (Wildman–Crippen MR) is 103 cm³/mol. The van der Waals surface area contributed by atoms with Crippen LogP contribution in [-0.4, -0.2) is 44.7 Å². The zero-order valence-electron chi connectivity index (χ0n) is 16.3. The molecule has 0 fully saturated rings. The van der Waals surface area contributed by atoms with Crippen LogP contribution in [0.1, 0.15) is 28.6 Å². The second-order valence-corrected chi connectivity index (χ2v) is 6.36. The van der Waals surface area contributed by atoms with E-state index in [1.807, 2.05) is 52.2 Å². The standard InChI is InChI=1S/C20H26N4O2/c1-13-9-17(16(11-21)14(2)23-13)22-12-18(24(3)4)15-7-8-19(25-5)20(10-15)26-6/h7-10,18H,12H2,1-6H3,(H,22,23). The molecule has 1 aromatic heterocycles. The first-order valence-electron chi connectivity index (χ1n) is 8.41. The molecule has 1 heterocycles. The van der Waals surface area contributed by atoms with E-state index in [4.69, 9.17) is 9.47 Å². The van der Waals surface area contributed by atoms with Crippen LogP contribution in [0.5, 0.6) is 11.5 Å². The van der Waals surface area contributed by atoms with Crippen molar-refractivity contribution in [3.05, 3.63) is 46.8 Å². The summed E-state index contributed by atoms with van der Waals surface area (Å²) in [4.78, 5) is 6.49. The molecule has 2 rings (SSSR count). The maximum absolute atomic E-state index is 9.44. The summed E-state index contributed by atoms with van der Waals surface area (Å²) < 4.78 is 10.7. The smallest absolute Gasteiger partial charge is 0.161 e. The molecule has 138 valence electrons. The third-order valence-corrected chi connectivity index (χ3v) is 4.34. The van der Waals surface area contributed by atoms with Crippen LogP contribution in [-0.2, 0) is 0 Å². The molecule has 1 atom stereocenters. The van der Waals surface area contributed by atoms with Crippen LogP contribution in [0.2, 0.25) is 0 Å². The number of aryl methyl sites for hydroxylation is 2. The number of ether oxygens (including phenoxy) is 2. The van der Waals surface area contributed by atoms with Crippen LogP contribution in [0.4, 0.5) is 5.69 Å². The number of hydrogen-bond donors (Lipinski definition) is 1. The van der Waals surface area contributed by atoms with Gasteiger partial charge in [-0.2, -0.15) is 5.26 Å². The Labute approximate surface area is 155 Å².